The molecule has 4 rings (SSSR count). The van der Waals surface area contributed by atoms with Gasteiger partial charge in [-0.2, -0.15) is 13.2 Å². The van der Waals surface area contributed by atoms with Crippen molar-refractivity contribution in [2.75, 3.05) is 36.4 Å². The molecular weight excluding hydrogens is 437 g/mol. The topological polar surface area (TPSA) is 78.7 Å². The molecule has 0 atom stereocenters. The Hall–Kier alpha value is -3.82. The van der Waals surface area contributed by atoms with Gasteiger partial charge in [-0.25, -0.2) is 4.98 Å². The lowest BCUT2D eigenvalue weighted by Gasteiger charge is -2.23. The molecule has 0 saturated carbocycles. The minimum atomic E-state index is -4.43. The fourth-order valence-corrected chi connectivity index (χ4v) is 3.57. The SMILES string of the molecule is O=C(Nc1ccc(C(=O)N2CCCN(c3ccc(C(F)(F)F)cn3)CC2)cc1)c1ccco1. The van der Waals surface area contributed by atoms with Gasteiger partial charge in [0.05, 0.1) is 11.8 Å². The lowest BCUT2D eigenvalue weighted by Crippen LogP contribution is -2.35. The first-order chi connectivity index (χ1) is 15.8. The summed E-state index contributed by atoms with van der Waals surface area (Å²) < 4.78 is 43.3. The lowest BCUT2D eigenvalue weighted by atomic mass is 10.1. The van der Waals surface area contributed by atoms with E-state index in [-0.39, 0.29) is 17.6 Å². The van der Waals surface area contributed by atoms with Crippen LogP contribution in [0.1, 0.15) is 32.9 Å². The highest BCUT2D eigenvalue weighted by molar-refractivity contribution is 6.02. The molecule has 3 aromatic rings. The second kappa shape index (κ2) is 9.35. The summed E-state index contributed by atoms with van der Waals surface area (Å²) in [5.41, 5.74) is 0.220. The summed E-state index contributed by atoms with van der Waals surface area (Å²) in [6, 6.07) is 12.1. The fraction of sp³-hybridized carbons (Fsp3) is 0.261. The third-order valence-electron chi connectivity index (χ3n) is 5.32. The van der Waals surface area contributed by atoms with Crippen molar-refractivity contribution >= 4 is 23.3 Å². The van der Waals surface area contributed by atoms with E-state index >= 15 is 0 Å². The second-order valence-corrected chi connectivity index (χ2v) is 7.54. The maximum atomic E-state index is 12.9. The van der Waals surface area contributed by atoms with Crippen molar-refractivity contribution in [2.45, 2.75) is 12.6 Å². The Balaban J connectivity index is 1.36. The van der Waals surface area contributed by atoms with Crippen LogP contribution >= 0.6 is 0 Å². The molecule has 0 unspecified atom stereocenters. The number of rotatable bonds is 4. The molecule has 0 bridgehead atoms. The number of carbonyl (C=O) groups excluding carboxylic acids is 2. The van der Waals surface area contributed by atoms with Crippen molar-refractivity contribution in [1.29, 1.82) is 0 Å². The molecular formula is C23H21F3N4O3. The summed E-state index contributed by atoms with van der Waals surface area (Å²) in [7, 11) is 0. The fourth-order valence-electron chi connectivity index (χ4n) is 3.57. The van der Waals surface area contributed by atoms with Crippen LogP contribution in [0, 0.1) is 0 Å². The number of hydrogen-bond donors (Lipinski definition) is 1. The van der Waals surface area contributed by atoms with Crippen LogP contribution in [-0.2, 0) is 6.18 Å². The van der Waals surface area contributed by atoms with Crippen molar-refractivity contribution in [3.8, 4) is 0 Å². The first kappa shape index (κ1) is 22.4. The Morgan fingerprint density at radius 2 is 1.76 bits per heavy atom. The predicted molar refractivity (Wildman–Crippen MR) is 115 cm³/mol. The molecule has 1 aliphatic heterocycles. The summed E-state index contributed by atoms with van der Waals surface area (Å²) in [5, 5.41) is 2.70. The molecule has 3 heterocycles. The zero-order valence-corrected chi connectivity index (χ0v) is 17.5. The van der Waals surface area contributed by atoms with Gasteiger partial charge >= 0.3 is 6.18 Å². The Morgan fingerprint density at radius 1 is 0.970 bits per heavy atom. The molecule has 0 aliphatic carbocycles. The monoisotopic (exact) mass is 458 g/mol. The van der Waals surface area contributed by atoms with Crippen LogP contribution in [-0.4, -0.2) is 47.9 Å². The van der Waals surface area contributed by atoms with Gasteiger partial charge in [0.15, 0.2) is 5.76 Å². The van der Waals surface area contributed by atoms with E-state index < -0.39 is 11.7 Å². The van der Waals surface area contributed by atoms with Gasteiger partial charge in [0.25, 0.3) is 11.8 Å². The third kappa shape index (κ3) is 5.33. The third-order valence-corrected chi connectivity index (χ3v) is 5.32. The van der Waals surface area contributed by atoms with Crippen molar-refractivity contribution < 1.29 is 27.2 Å². The number of alkyl halides is 3. The van der Waals surface area contributed by atoms with E-state index in [1.807, 2.05) is 4.90 Å². The quantitative estimate of drug-likeness (QED) is 0.631. The molecule has 7 nitrogen and oxygen atoms in total. The summed E-state index contributed by atoms with van der Waals surface area (Å²) in [6.07, 6.45) is -1.53. The number of benzene rings is 1. The number of anilines is 2. The summed E-state index contributed by atoms with van der Waals surface area (Å²) in [4.78, 5) is 32.5. The van der Waals surface area contributed by atoms with Crippen LogP contribution < -0.4 is 10.2 Å². The Bertz CT molecular complexity index is 1100. The van der Waals surface area contributed by atoms with Crippen molar-refractivity contribution in [3.63, 3.8) is 0 Å². The Labute approximate surface area is 187 Å². The molecule has 1 aliphatic rings. The van der Waals surface area contributed by atoms with Crippen LogP contribution in [0.25, 0.3) is 0 Å². The van der Waals surface area contributed by atoms with E-state index in [0.29, 0.717) is 49.7 Å². The molecule has 1 fully saturated rings. The molecule has 2 amide bonds. The van der Waals surface area contributed by atoms with Crippen LogP contribution in [0.3, 0.4) is 0 Å². The normalized spacial score (nSPS) is 14.6. The Kier molecular flexibility index (Phi) is 6.34. The van der Waals surface area contributed by atoms with Crippen LogP contribution in [0.5, 0.6) is 0 Å². The van der Waals surface area contributed by atoms with E-state index in [1.54, 1.807) is 41.3 Å². The van der Waals surface area contributed by atoms with E-state index in [1.165, 1.54) is 12.3 Å². The second-order valence-electron chi connectivity index (χ2n) is 7.54. The molecule has 1 aromatic carbocycles. The van der Waals surface area contributed by atoms with E-state index in [4.69, 9.17) is 4.42 Å². The number of nitrogens with zero attached hydrogens (tertiary/aromatic N) is 3. The molecule has 172 valence electrons. The smallest absolute Gasteiger partial charge is 0.417 e. The maximum absolute atomic E-state index is 12.9. The van der Waals surface area contributed by atoms with Gasteiger partial charge in [-0.15, -0.1) is 0 Å². The number of nitrogens with one attached hydrogen (secondary N) is 1. The summed E-state index contributed by atoms with van der Waals surface area (Å²) in [6.45, 7) is 1.98. The van der Waals surface area contributed by atoms with Crippen LogP contribution in [0.15, 0.2) is 65.4 Å². The molecule has 10 heteroatoms. The first-order valence-electron chi connectivity index (χ1n) is 10.3. The molecule has 1 N–H and O–H groups in total. The van der Waals surface area contributed by atoms with Gasteiger partial charge in [0.1, 0.15) is 5.82 Å². The number of halogens is 3. The average molecular weight is 458 g/mol. The number of amides is 2. The van der Waals surface area contributed by atoms with E-state index in [0.717, 1.165) is 12.3 Å². The maximum Gasteiger partial charge on any atom is 0.417 e. The zero-order chi connectivity index (χ0) is 23.4. The van der Waals surface area contributed by atoms with Gasteiger partial charge in [-0.1, -0.05) is 0 Å². The van der Waals surface area contributed by atoms with Gasteiger partial charge in [-0.05, 0) is 55.0 Å². The van der Waals surface area contributed by atoms with Crippen molar-refractivity contribution in [2.24, 2.45) is 0 Å². The van der Waals surface area contributed by atoms with Crippen LogP contribution in [0.2, 0.25) is 0 Å². The summed E-state index contributed by atoms with van der Waals surface area (Å²) in [5.74, 6) is 0.102. The summed E-state index contributed by atoms with van der Waals surface area (Å²) >= 11 is 0. The minimum Gasteiger partial charge on any atom is -0.459 e. The van der Waals surface area contributed by atoms with Crippen LogP contribution in [0.4, 0.5) is 24.7 Å². The van der Waals surface area contributed by atoms with Crippen molar-refractivity contribution in [1.82, 2.24) is 9.88 Å². The van der Waals surface area contributed by atoms with E-state index in [2.05, 4.69) is 10.3 Å². The largest absolute Gasteiger partial charge is 0.459 e. The van der Waals surface area contributed by atoms with Gasteiger partial charge < -0.3 is 19.5 Å². The number of carbonyl (C=O) groups is 2. The number of pyridine rings is 1. The zero-order valence-electron chi connectivity index (χ0n) is 17.5. The molecule has 33 heavy (non-hydrogen) atoms. The van der Waals surface area contributed by atoms with Gasteiger partial charge in [0.2, 0.25) is 0 Å². The number of furan rings is 1. The van der Waals surface area contributed by atoms with E-state index in [9.17, 15) is 22.8 Å². The highest BCUT2D eigenvalue weighted by Gasteiger charge is 2.31. The molecule has 1 saturated heterocycles. The highest BCUT2D eigenvalue weighted by Crippen LogP contribution is 2.29. The Morgan fingerprint density at radius 3 is 2.39 bits per heavy atom. The lowest BCUT2D eigenvalue weighted by molar-refractivity contribution is -0.137. The molecule has 0 radical (unpaired) electrons. The number of hydrogen-bond acceptors (Lipinski definition) is 5. The first-order valence-corrected chi connectivity index (χ1v) is 10.3. The van der Waals surface area contributed by atoms with Gasteiger partial charge in [-0.3, -0.25) is 9.59 Å². The highest BCUT2D eigenvalue weighted by atomic mass is 19.4. The minimum absolute atomic E-state index is 0.152. The number of aromatic nitrogens is 1. The van der Waals surface area contributed by atoms with Gasteiger partial charge in [0, 0.05) is 43.6 Å². The standard InChI is InChI=1S/C23H21F3N4O3/c24-23(25,26)17-6-9-20(27-15-17)29-10-2-11-30(13-12-29)22(32)16-4-7-18(8-5-16)28-21(31)19-3-1-14-33-19/h1,3-9,14-15H,2,10-13H2,(H,28,31). The molecule has 0 spiro atoms. The predicted octanol–water partition coefficient (Wildman–Crippen LogP) is 4.30. The average Bonchev–Trinajstić information content (AvgIpc) is 3.24. The van der Waals surface area contributed by atoms with Crippen molar-refractivity contribution in [3.05, 3.63) is 77.9 Å². The molecule has 2 aromatic heterocycles.